The van der Waals surface area contributed by atoms with E-state index in [2.05, 4.69) is 15.1 Å². The summed E-state index contributed by atoms with van der Waals surface area (Å²) in [5, 5.41) is 7.32. The van der Waals surface area contributed by atoms with Crippen LogP contribution in [0.25, 0.3) is 11.1 Å². The lowest BCUT2D eigenvalue weighted by atomic mass is 9.90. The number of furan rings is 1. The molecule has 4 rings (SSSR count). The Kier molecular flexibility index (Phi) is 4.40. The van der Waals surface area contributed by atoms with Crippen molar-refractivity contribution in [3.8, 4) is 11.1 Å². The van der Waals surface area contributed by atoms with Crippen LogP contribution in [-0.4, -0.2) is 28.2 Å². The van der Waals surface area contributed by atoms with E-state index in [1.54, 1.807) is 12.3 Å². The van der Waals surface area contributed by atoms with Gasteiger partial charge in [-0.1, -0.05) is 18.2 Å². The molecular formula is C20H22FN3O. The predicted molar refractivity (Wildman–Crippen MR) is 94.7 cm³/mol. The van der Waals surface area contributed by atoms with Gasteiger partial charge >= 0.3 is 0 Å². The largest absolute Gasteiger partial charge is 0.465 e. The van der Waals surface area contributed by atoms with Crippen molar-refractivity contribution in [2.45, 2.75) is 32.2 Å². The zero-order valence-corrected chi connectivity index (χ0v) is 14.3. The quantitative estimate of drug-likeness (QED) is 0.761. The van der Waals surface area contributed by atoms with Gasteiger partial charge in [0.05, 0.1) is 12.7 Å². The Balaban J connectivity index is 1.54. The molecule has 130 valence electrons. The molecule has 2 aromatic heterocycles. The van der Waals surface area contributed by atoms with Gasteiger partial charge in [-0.3, -0.25) is 10.00 Å². The molecule has 0 aliphatic carbocycles. The molecule has 0 spiro atoms. The molecule has 1 aromatic carbocycles. The Labute approximate surface area is 146 Å². The molecule has 0 saturated carbocycles. The first kappa shape index (κ1) is 16.1. The van der Waals surface area contributed by atoms with Gasteiger partial charge in [-0.2, -0.15) is 5.10 Å². The molecule has 1 saturated heterocycles. The number of piperidine rings is 1. The Morgan fingerprint density at radius 3 is 2.92 bits per heavy atom. The van der Waals surface area contributed by atoms with Crippen molar-refractivity contribution in [3.63, 3.8) is 0 Å². The van der Waals surface area contributed by atoms with E-state index in [4.69, 9.17) is 4.42 Å². The highest BCUT2D eigenvalue weighted by Crippen LogP contribution is 2.34. The van der Waals surface area contributed by atoms with Gasteiger partial charge in [-0.25, -0.2) is 4.39 Å². The van der Waals surface area contributed by atoms with Gasteiger partial charge in [0, 0.05) is 29.3 Å². The summed E-state index contributed by atoms with van der Waals surface area (Å²) in [6.07, 6.45) is 3.93. The molecule has 5 heteroatoms. The van der Waals surface area contributed by atoms with Crippen LogP contribution in [0.2, 0.25) is 0 Å². The Bertz CT molecular complexity index is 854. The number of benzene rings is 1. The lowest BCUT2D eigenvalue weighted by Crippen LogP contribution is -2.34. The molecular weight excluding hydrogens is 317 g/mol. The molecule has 1 aliphatic heterocycles. The van der Waals surface area contributed by atoms with Crippen LogP contribution in [0.3, 0.4) is 0 Å². The number of likely N-dealkylation sites (tertiary alicyclic amines) is 1. The summed E-state index contributed by atoms with van der Waals surface area (Å²) < 4.78 is 19.9. The highest BCUT2D eigenvalue weighted by Gasteiger charge is 2.26. The molecule has 1 N–H and O–H groups in total. The standard InChI is InChI=1S/C20H22FN3O/c1-14-8-9-16(25-14)13-24-10-4-5-15(12-24)20-18(11-22-23-20)17-6-2-3-7-19(17)21/h2-3,6-9,11,15H,4-5,10,12-13H2,1H3,(H,22,23). The molecule has 3 heterocycles. The molecule has 0 amide bonds. The average molecular weight is 339 g/mol. The number of nitrogens with one attached hydrogen (secondary N) is 1. The van der Waals surface area contributed by atoms with Gasteiger partial charge in [0.25, 0.3) is 0 Å². The van der Waals surface area contributed by atoms with Crippen LogP contribution in [-0.2, 0) is 6.54 Å². The lowest BCUT2D eigenvalue weighted by molar-refractivity contribution is 0.184. The summed E-state index contributed by atoms with van der Waals surface area (Å²) >= 11 is 0. The number of aromatic amines is 1. The van der Waals surface area contributed by atoms with Crippen LogP contribution < -0.4 is 0 Å². The third kappa shape index (κ3) is 3.37. The van der Waals surface area contributed by atoms with E-state index < -0.39 is 0 Å². The molecule has 4 nitrogen and oxygen atoms in total. The second-order valence-electron chi connectivity index (χ2n) is 6.76. The number of rotatable bonds is 4. The number of aryl methyl sites for hydroxylation is 1. The fraction of sp³-hybridized carbons (Fsp3) is 0.350. The van der Waals surface area contributed by atoms with E-state index >= 15 is 0 Å². The van der Waals surface area contributed by atoms with Crippen molar-refractivity contribution in [2.75, 3.05) is 13.1 Å². The second-order valence-corrected chi connectivity index (χ2v) is 6.76. The van der Waals surface area contributed by atoms with Crippen LogP contribution in [0.15, 0.2) is 47.0 Å². The third-order valence-electron chi connectivity index (χ3n) is 4.92. The summed E-state index contributed by atoms with van der Waals surface area (Å²) in [7, 11) is 0. The highest BCUT2D eigenvalue weighted by molar-refractivity contribution is 5.66. The minimum Gasteiger partial charge on any atom is -0.465 e. The minimum atomic E-state index is -0.205. The summed E-state index contributed by atoms with van der Waals surface area (Å²) in [5.41, 5.74) is 2.52. The fourth-order valence-corrected chi connectivity index (χ4v) is 3.73. The van der Waals surface area contributed by atoms with Gasteiger partial charge in [-0.05, 0) is 44.5 Å². The lowest BCUT2D eigenvalue weighted by Gasteiger charge is -2.32. The van der Waals surface area contributed by atoms with Crippen molar-refractivity contribution in [3.05, 3.63) is 65.6 Å². The van der Waals surface area contributed by atoms with Crippen molar-refractivity contribution in [1.29, 1.82) is 0 Å². The number of H-pyrrole nitrogens is 1. The van der Waals surface area contributed by atoms with Crippen LogP contribution >= 0.6 is 0 Å². The second kappa shape index (κ2) is 6.84. The van der Waals surface area contributed by atoms with E-state index in [0.29, 0.717) is 11.5 Å². The van der Waals surface area contributed by atoms with E-state index in [9.17, 15) is 4.39 Å². The first-order valence-electron chi connectivity index (χ1n) is 8.76. The highest BCUT2D eigenvalue weighted by atomic mass is 19.1. The third-order valence-corrected chi connectivity index (χ3v) is 4.92. The monoisotopic (exact) mass is 339 g/mol. The first-order chi connectivity index (χ1) is 12.2. The fourth-order valence-electron chi connectivity index (χ4n) is 3.73. The van der Waals surface area contributed by atoms with Crippen LogP contribution in [0.5, 0.6) is 0 Å². The van der Waals surface area contributed by atoms with Crippen LogP contribution in [0, 0.1) is 12.7 Å². The van der Waals surface area contributed by atoms with E-state index in [0.717, 1.165) is 55.3 Å². The Morgan fingerprint density at radius 1 is 1.24 bits per heavy atom. The molecule has 1 atom stereocenters. The zero-order chi connectivity index (χ0) is 17.2. The predicted octanol–water partition coefficient (Wildman–Crippen LogP) is 4.50. The number of aromatic nitrogens is 2. The van der Waals surface area contributed by atoms with E-state index in [1.165, 1.54) is 6.07 Å². The SMILES string of the molecule is Cc1ccc(CN2CCCC(c3[nH]ncc3-c3ccccc3F)C2)o1. The molecule has 3 aromatic rings. The number of nitrogens with zero attached hydrogens (tertiary/aromatic N) is 2. The normalized spacial score (nSPS) is 18.6. The van der Waals surface area contributed by atoms with Gasteiger partial charge in [-0.15, -0.1) is 0 Å². The topological polar surface area (TPSA) is 45.1 Å². The maximum atomic E-state index is 14.2. The molecule has 0 radical (unpaired) electrons. The Morgan fingerprint density at radius 2 is 2.12 bits per heavy atom. The molecule has 1 unspecified atom stereocenters. The summed E-state index contributed by atoms with van der Waals surface area (Å²) in [6, 6.07) is 10.9. The summed E-state index contributed by atoms with van der Waals surface area (Å²) in [4.78, 5) is 2.40. The van der Waals surface area contributed by atoms with E-state index in [-0.39, 0.29) is 5.82 Å². The van der Waals surface area contributed by atoms with Crippen molar-refractivity contribution >= 4 is 0 Å². The maximum absolute atomic E-state index is 14.2. The summed E-state index contributed by atoms with van der Waals surface area (Å²) in [6.45, 7) is 4.75. The van der Waals surface area contributed by atoms with Gasteiger partial charge in [0.1, 0.15) is 17.3 Å². The maximum Gasteiger partial charge on any atom is 0.131 e. The molecule has 1 fully saturated rings. The van der Waals surface area contributed by atoms with Crippen molar-refractivity contribution in [2.24, 2.45) is 0 Å². The van der Waals surface area contributed by atoms with Crippen LogP contribution in [0.1, 0.15) is 36.0 Å². The zero-order valence-electron chi connectivity index (χ0n) is 14.3. The summed E-state index contributed by atoms with van der Waals surface area (Å²) in [5.74, 6) is 2.06. The van der Waals surface area contributed by atoms with E-state index in [1.807, 2.05) is 31.2 Å². The van der Waals surface area contributed by atoms with Crippen molar-refractivity contribution < 1.29 is 8.81 Å². The number of hydrogen-bond acceptors (Lipinski definition) is 3. The average Bonchev–Trinajstić information content (AvgIpc) is 3.25. The minimum absolute atomic E-state index is 0.205. The van der Waals surface area contributed by atoms with Gasteiger partial charge < -0.3 is 4.42 Å². The molecule has 25 heavy (non-hydrogen) atoms. The molecule has 0 bridgehead atoms. The molecule has 1 aliphatic rings. The van der Waals surface area contributed by atoms with Crippen LogP contribution in [0.4, 0.5) is 4.39 Å². The number of hydrogen-bond donors (Lipinski definition) is 1. The van der Waals surface area contributed by atoms with Gasteiger partial charge in [0.15, 0.2) is 0 Å². The first-order valence-corrected chi connectivity index (χ1v) is 8.76. The smallest absolute Gasteiger partial charge is 0.131 e. The van der Waals surface area contributed by atoms with Crippen molar-refractivity contribution in [1.82, 2.24) is 15.1 Å². The van der Waals surface area contributed by atoms with Gasteiger partial charge in [0.2, 0.25) is 0 Å². The number of halogens is 1. The Hall–Kier alpha value is -2.40.